The zero-order chi connectivity index (χ0) is 11.1. The Bertz CT molecular complexity index is 167. The summed E-state index contributed by atoms with van der Waals surface area (Å²) in [4.78, 5) is 2.26. The lowest BCUT2D eigenvalue weighted by atomic mass is 10.2. The van der Waals surface area contributed by atoms with E-state index in [-0.39, 0.29) is 0 Å². The van der Waals surface area contributed by atoms with Gasteiger partial charge in [0.2, 0.25) is 0 Å². The van der Waals surface area contributed by atoms with Gasteiger partial charge >= 0.3 is 0 Å². The predicted molar refractivity (Wildman–Crippen MR) is 67.6 cm³/mol. The molecule has 0 saturated carbocycles. The number of nitrogens with zero attached hydrogens (tertiary/aromatic N) is 1. The van der Waals surface area contributed by atoms with E-state index in [9.17, 15) is 0 Å². The van der Waals surface area contributed by atoms with Crippen LogP contribution in [-0.2, 0) is 0 Å². The number of unbranched alkanes of at least 4 members (excludes halogenated alkanes) is 1. The minimum atomic E-state index is 0.422. The molecule has 0 aromatic heterocycles. The number of hydrogen-bond donors (Lipinski definition) is 1. The molecule has 0 amide bonds. The van der Waals surface area contributed by atoms with Crippen molar-refractivity contribution in [2.45, 2.75) is 59.5 Å². The van der Waals surface area contributed by atoms with Crippen LogP contribution in [0.3, 0.4) is 0 Å². The maximum absolute atomic E-state index is 5.36. The summed E-state index contributed by atoms with van der Waals surface area (Å²) < 4.78 is 0. The standard InChI is InChI=1S/C11H24N2S/c1-6-7-8-13(10(4)5)11(14)12-9(2)3/h9-10H,6-8H2,1-5H3,(H,12,14). The quantitative estimate of drug-likeness (QED) is 0.711. The van der Waals surface area contributed by atoms with Crippen molar-refractivity contribution in [1.82, 2.24) is 10.2 Å². The molecule has 3 heteroatoms. The number of nitrogens with one attached hydrogen (secondary N) is 1. The first-order valence-corrected chi connectivity index (χ1v) is 5.97. The molecular formula is C11H24N2S. The summed E-state index contributed by atoms with van der Waals surface area (Å²) in [5, 5.41) is 4.18. The molecule has 0 aliphatic rings. The zero-order valence-corrected chi connectivity index (χ0v) is 10.9. The van der Waals surface area contributed by atoms with Gasteiger partial charge < -0.3 is 10.2 Å². The lowest BCUT2D eigenvalue weighted by molar-refractivity contribution is 0.335. The second-order valence-corrected chi connectivity index (χ2v) is 4.63. The molecule has 0 aromatic carbocycles. The molecular weight excluding hydrogens is 192 g/mol. The van der Waals surface area contributed by atoms with E-state index in [0.29, 0.717) is 12.1 Å². The van der Waals surface area contributed by atoms with E-state index < -0.39 is 0 Å². The summed E-state index contributed by atoms with van der Waals surface area (Å²) in [7, 11) is 0. The van der Waals surface area contributed by atoms with E-state index in [1.54, 1.807) is 0 Å². The second-order valence-electron chi connectivity index (χ2n) is 4.24. The summed E-state index contributed by atoms with van der Waals surface area (Å²) in [6.07, 6.45) is 2.42. The largest absolute Gasteiger partial charge is 0.360 e. The van der Waals surface area contributed by atoms with Crippen LogP contribution >= 0.6 is 12.2 Å². The van der Waals surface area contributed by atoms with Gasteiger partial charge in [0.1, 0.15) is 0 Å². The van der Waals surface area contributed by atoms with Gasteiger partial charge in [0.15, 0.2) is 5.11 Å². The summed E-state index contributed by atoms with van der Waals surface area (Å²) in [5.74, 6) is 0. The lowest BCUT2D eigenvalue weighted by Gasteiger charge is -2.30. The van der Waals surface area contributed by atoms with E-state index in [0.717, 1.165) is 11.7 Å². The van der Waals surface area contributed by atoms with Crippen molar-refractivity contribution < 1.29 is 0 Å². The third kappa shape index (κ3) is 5.43. The molecule has 14 heavy (non-hydrogen) atoms. The third-order valence-corrected chi connectivity index (χ3v) is 2.40. The highest BCUT2D eigenvalue weighted by Crippen LogP contribution is 2.03. The fraction of sp³-hybridized carbons (Fsp3) is 0.909. The van der Waals surface area contributed by atoms with Crippen molar-refractivity contribution in [3.63, 3.8) is 0 Å². The van der Waals surface area contributed by atoms with Crippen molar-refractivity contribution >= 4 is 17.3 Å². The highest BCUT2D eigenvalue weighted by atomic mass is 32.1. The van der Waals surface area contributed by atoms with Crippen LogP contribution in [-0.4, -0.2) is 28.6 Å². The van der Waals surface area contributed by atoms with E-state index >= 15 is 0 Å². The molecule has 0 aliphatic heterocycles. The summed E-state index contributed by atoms with van der Waals surface area (Å²) >= 11 is 5.36. The molecule has 0 bridgehead atoms. The van der Waals surface area contributed by atoms with Gasteiger partial charge in [-0.15, -0.1) is 0 Å². The first-order chi connectivity index (χ1) is 6.49. The number of hydrogen-bond acceptors (Lipinski definition) is 1. The average molecular weight is 216 g/mol. The van der Waals surface area contributed by atoms with Crippen LogP contribution in [0, 0.1) is 0 Å². The molecule has 0 fully saturated rings. The topological polar surface area (TPSA) is 15.3 Å². The van der Waals surface area contributed by atoms with Gasteiger partial charge in [0, 0.05) is 18.6 Å². The molecule has 0 heterocycles. The average Bonchev–Trinajstić information content (AvgIpc) is 2.02. The van der Waals surface area contributed by atoms with Gasteiger partial charge in [-0.3, -0.25) is 0 Å². The minimum Gasteiger partial charge on any atom is -0.360 e. The predicted octanol–water partition coefficient (Wildman–Crippen LogP) is 2.78. The van der Waals surface area contributed by atoms with Crippen LogP contribution in [0.15, 0.2) is 0 Å². The van der Waals surface area contributed by atoms with E-state index in [1.807, 2.05) is 0 Å². The molecule has 0 atom stereocenters. The maximum atomic E-state index is 5.36. The first kappa shape index (κ1) is 13.7. The first-order valence-electron chi connectivity index (χ1n) is 5.56. The molecule has 0 spiro atoms. The molecule has 2 nitrogen and oxygen atoms in total. The van der Waals surface area contributed by atoms with Crippen LogP contribution in [0.2, 0.25) is 0 Å². The van der Waals surface area contributed by atoms with Crippen molar-refractivity contribution in [3.8, 4) is 0 Å². The zero-order valence-electron chi connectivity index (χ0n) is 10.1. The smallest absolute Gasteiger partial charge is 0.169 e. The molecule has 0 unspecified atom stereocenters. The minimum absolute atomic E-state index is 0.422. The SMILES string of the molecule is CCCCN(C(=S)NC(C)C)C(C)C. The monoisotopic (exact) mass is 216 g/mol. The Morgan fingerprint density at radius 3 is 2.21 bits per heavy atom. The van der Waals surface area contributed by atoms with E-state index in [2.05, 4.69) is 44.8 Å². The molecule has 1 N–H and O–H groups in total. The fourth-order valence-electron chi connectivity index (χ4n) is 1.25. The van der Waals surface area contributed by atoms with E-state index in [4.69, 9.17) is 12.2 Å². The Balaban J connectivity index is 4.11. The normalized spacial score (nSPS) is 10.8. The Kier molecular flexibility index (Phi) is 6.89. The van der Waals surface area contributed by atoms with Gasteiger partial charge in [-0.1, -0.05) is 13.3 Å². The molecule has 0 saturated heterocycles. The molecule has 0 aromatic rings. The Hall–Kier alpha value is -0.310. The van der Waals surface area contributed by atoms with Crippen molar-refractivity contribution in [1.29, 1.82) is 0 Å². The van der Waals surface area contributed by atoms with Gasteiger partial charge in [0.05, 0.1) is 0 Å². The summed E-state index contributed by atoms with van der Waals surface area (Å²) in [6, 6.07) is 0.908. The Morgan fingerprint density at radius 1 is 1.29 bits per heavy atom. The molecule has 0 aliphatic carbocycles. The molecule has 0 radical (unpaired) electrons. The van der Waals surface area contributed by atoms with Crippen molar-refractivity contribution in [2.24, 2.45) is 0 Å². The summed E-state index contributed by atoms with van der Waals surface area (Å²) in [5.41, 5.74) is 0. The summed E-state index contributed by atoms with van der Waals surface area (Å²) in [6.45, 7) is 11.9. The van der Waals surface area contributed by atoms with Crippen LogP contribution in [0.5, 0.6) is 0 Å². The Labute approximate surface area is 94.1 Å². The van der Waals surface area contributed by atoms with Crippen molar-refractivity contribution in [2.75, 3.05) is 6.54 Å². The Morgan fingerprint density at radius 2 is 1.86 bits per heavy atom. The van der Waals surface area contributed by atoms with Gasteiger partial charge in [-0.05, 0) is 46.3 Å². The third-order valence-electron chi connectivity index (χ3n) is 2.05. The van der Waals surface area contributed by atoms with Gasteiger partial charge in [0.25, 0.3) is 0 Å². The highest BCUT2D eigenvalue weighted by Gasteiger charge is 2.12. The fourth-order valence-corrected chi connectivity index (χ4v) is 1.79. The van der Waals surface area contributed by atoms with E-state index in [1.165, 1.54) is 12.8 Å². The van der Waals surface area contributed by atoms with Crippen LogP contribution in [0.1, 0.15) is 47.5 Å². The number of thiocarbonyl (C=S) groups is 1. The number of rotatable bonds is 5. The van der Waals surface area contributed by atoms with Crippen LogP contribution in [0.4, 0.5) is 0 Å². The molecule has 0 rings (SSSR count). The van der Waals surface area contributed by atoms with Crippen LogP contribution in [0.25, 0.3) is 0 Å². The van der Waals surface area contributed by atoms with Gasteiger partial charge in [-0.2, -0.15) is 0 Å². The second kappa shape index (κ2) is 7.04. The van der Waals surface area contributed by atoms with Crippen LogP contribution < -0.4 is 5.32 Å². The lowest BCUT2D eigenvalue weighted by Crippen LogP contribution is -2.46. The maximum Gasteiger partial charge on any atom is 0.169 e. The highest BCUT2D eigenvalue weighted by molar-refractivity contribution is 7.80. The molecule has 84 valence electrons. The van der Waals surface area contributed by atoms with Gasteiger partial charge in [-0.25, -0.2) is 0 Å². The van der Waals surface area contributed by atoms with Crippen molar-refractivity contribution in [3.05, 3.63) is 0 Å².